The van der Waals surface area contributed by atoms with Gasteiger partial charge >= 0.3 is 0 Å². The lowest BCUT2D eigenvalue weighted by atomic mass is 10.2. The highest BCUT2D eigenvalue weighted by Crippen LogP contribution is 2.16. The molecule has 19 heavy (non-hydrogen) atoms. The van der Waals surface area contributed by atoms with Gasteiger partial charge in [-0.2, -0.15) is 4.98 Å². The van der Waals surface area contributed by atoms with Crippen molar-refractivity contribution in [2.45, 2.75) is 33.1 Å². The van der Waals surface area contributed by atoms with Crippen LogP contribution < -0.4 is 10.3 Å². The second kappa shape index (κ2) is 6.36. The molecule has 0 spiro atoms. The molecule has 5 heteroatoms. The average Bonchev–Trinajstić information content (AvgIpc) is 2.50. The van der Waals surface area contributed by atoms with Gasteiger partial charge in [-0.25, -0.2) is 0 Å². The Morgan fingerprint density at radius 1 is 1.58 bits per heavy atom. The Bertz CT molecular complexity index is 880. The molecule has 0 saturated carbocycles. The summed E-state index contributed by atoms with van der Waals surface area (Å²) in [6.07, 6.45) is -2.79. The molecule has 1 heterocycles. The normalized spacial score (nSPS) is 18.5. The third kappa shape index (κ3) is 3.08. The van der Waals surface area contributed by atoms with Crippen molar-refractivity contribution in [3.05, 3.63) is 32.1 Å². The topological polar surface area (TPSA) is 44.1 Å². The Morgan fingerprint density at radius 2 is 2.42 bits per heavy atom. The third-order valence-corrected chi connectivity index (χ3v) is 3.19. The summed E-state index contributed by atoms with van der Waals surface area (Å²) in [5.74, 6) is 0. The quantitative estimate of drug-likeness (QED) is 0.750. The number of ether oxygens (including phenoxy) is 1. The maximum absolute atomic E-state index is 12.7. The molecule has 0 atom stereocenters. The fourth-order valence-corrected chi connectivity index (χ4v) is 2.23. The van der Waals surface area contributed by atoms with Crippen molar-refractivity contribution in [2.75, 3.05) is 6.56 Å². The Balaban J connectivity index is 2.64. The first-order valence-corrected chi connectivity index (χ1v) is 6.79. The Morgan fingerprint density at radius 3 is 3.16 bits per heavy atom. The molecule has 0 amide bonds. The predicted molar refractivity (Wildman–Crippen MR) is 84.8 cm³/mol. The van der Waals surface area contributed by atoms with Crippen LogP contribution in [0.15, 0.2) is 23.0 Å². The molecule has 0 unspecified atom stereocenters. The molecule has 0 radical (unpaired) electrons. The monoisotopic (exact) mass is 379 g/mol. The minimum atomic E-state index is -3.31. The molecule has 0 saturated heterocycles. The Kier molecular flexibility index (Phi) is 2.55. The van der Waals surface area contributed by atoms with Crippen molar-refractivity contribution in [3.8, 4) is 6.01 Å². The highest BCUT2D eigenvalue weighted by Gasteiger charge is 2.11. The van der Waals surface area contributed by atoms with Crippen LogP contribution >= 0.6 is 22.6 Å². The maximum atomic E-state index is 12.7. The highest BCUT2D eigenvalue weighted by atomic mass is 127. The van der Waals surface area contributed by atoms with Crippen LogP contribution in [0.3, 0.4) is 0 Å². The minimum absolute atomic E-state index is 0.162. The van der Waals surface area contributed by atoms with Gasteiger partial charge in [0.2, 0.25) is 0 Å². The zero-order valence-electron chi connectivity index (χ0n) is 17.2. The minimum Gasteiger partial charge on any atom is -0.465 e. The molecule has 0 aliphatic rings. The molecule has 0 aliphatic heterocycles. The van der Waals surface area contributed by atoms with Gasteiger partial charge < -0.3 is 4.74 Å². The van der Waals surface area contributed by atoms with Crippen LogP contribution in [0, 0.1) is 3.57 Å². The van der Waals surface area contributed by atoms with E-state index in [2.05, 4.69) is 4.98 Å². The summed E-state index contributed by atoms with van der Waals surface area (Å²) in [6.45, 7) is -4.54. The van der Waals surface area contributed by atoms with Crippen LogP contribution in [0.25, 0.3) is 10.9 Å². The molecule has 0 aliphatic carbocycles. The van der Waals surface area contributed by atoms with Crippen LogP contribution in [-0.2, 0) is 6.54 Å². The molecule has 0 fully saturated rings. The summed E-state index contributed by atoms with van der Waals surface area (Å²) < 4.78 is 59.6. The van der Waals surface area contributed by atoms with Crippen molar-refractivity contribution in [1.82, 2.24) is 9.55 Å². The van der Waals surface area contributed by atoms with Crippen molar-refractivity contribution >= 4 is 33.5 Å². The van der Waals surface area contributed by atoms with Crippen molar-refractivity contribution < 1.29 is 14.3 Å². The van der Waals surface area contributed by atoms with Crippen LogP contribution in [0.5, 0.6) is 6.01 Å². The number of hydrogen-bond donors (Lipinski definition) is 0. The summed E-state index contributed by atoms with van der Waals surface area (Å²) >= 11 is 2.05. The largest absolute Gasteiger partial charge is 0.465 e. The Hall–Kier alpha value is -1.11. The number of hydrogen-bond acceptors (Lipinski definition) is 3. The summed E-state index contributed by atoms with van der Waals surface area (Å²) in [6, 6.07) is 4.45. The lowest BCUT2D eigenvalue weighted by Crippen LogP contribution is -2.24. The summed E-state index contributed by atoms with van der Waals surface area (Å²) in [5.41, 5.74) is -0.210. The van der Waals surface area contributed by atoms with E-state index in [-0.39, 0.29) is 12.1 Å². The van der Waals surface area contributed by atoms with Crippen LogP contribution in [-0.4, -0.2) is 16.1 Å². The Labute approximate surface area is 135 Å². The van der Waals surface area contributed by atoms with Gasteiger partial charge in [-0.15, -0.1) is 0 Å². The van der Waals surface area contributed by atoms with Gasteiger partial charge in [-0.05, 0) is 53.6 Å². The van der Waals surface area contributed by atoms with E-state index >= 15 is 0 Å². The first kappa shape index (κ1) is 7.61. The molecule has 1 aromatic heterocycles. The molecule has 1 aromatic carbocycles. The molecule has 0 N–H and O–H groups in total. The van der Waals surface area contributed by atoms with Gasteiger partial charge in [-0.1, -0.05) is 13.8 Å². The molecule has 0 bridgehead atoms. The van der Waals surface area contributed by atoms with E-state index in [0.29, 0.717) is 11.8 Å². The van der Waals surface area contributed by atoms with Gasteiger partial charge in [0, 0.05) is 17.0 Å². The second-order valence-corrected chi connectivity index (χ2v) is 5.09. The zero-order chi connectivity index (χ0) is 19.9. The molecule has 102 valence electrons. The van der Waals surface area contributed by atoms with E-state index in [1.165, 1.54) is 0 Å². The van der Waals surface area contributed by atoms with E-state index in [1.807, 2.05) is 22.6 Å². The lowest BCUT2D eigenvalue weighted by molar-refractivity contribution is 0.272. The van der Waals surface area contributed by atoms with Crippen LogP contribution in [0.2, 0.25) is 0 Å². The molecule has 4 nitrogen and oxygen atoms in total. The smallest absolute Gasteiger partial charge is 0.299 e. The highest BCUT2D eigenvalue weighted by molar-refractivity contribution is 14.1. The zero-order valence-corrected chi connectivity index (χ0v) is 12.4. The van der Waals surface area contributed by atoms with Gasteiger partial charge in [0.15, 0.2) is 0 Å². The van der Waals surface area contributed by atoms with Gasteiger partial charge in [-0.3, -0.25) is 9.36 Å². The fourth-order valence-electron chi connectivity index (χ4n) is 1.74. The van der Waals surface area contributed by atoms with Crippen molar-refractivity contribution in [3.63, 3.8) is 0 Å². The summed E-state index contributed by atoms with van der Waals surface area (Å²) in [5, 5.41) is 0.317. The average molecular weight is 379 g/mol. The van der Waals surface area contributed by atoms with Gasteiger partial charge in [0.05, 0.1) is 20.2 Å². The fraction of sp³-hybridized carbons (Fsp3) is 0.429. The van der Waals surface area contributed by atoms with E-state index < -0.39 is 31.4 Å². The summed E-state index contributed by atoms with van der Waals surface area (Å²) in [4.78, 5) is 16.9. The first-order valence-electron chi connectivity index (χ1n) is 9.21. The van der Waals surface area contributed by atoms with Gasteiger partial charge in [0.25, 0.3) is 11.6 Å². The number of fused-ring (bicyclic) bond motifs is 1. The van der Waals surface area contributed by atoms with Crippen LogP contribution in [0.4, 0.5) is 0 Å². The van der Waals surface area contributed by atoms with E-state index in [9.17, 15) is 4.79 Å². The lowest BCUT2D eigenvalue weighted by Gasteiger charge is -2.12. The number of halogens is 1. The second-order valence-electron chi connectivity index (χ2n) is 3.84. The molecular weight excluding hydrogens is 355 g/mol. The SMILES string of the molecule is [2H]C([2H])([2H])C([2H])([2H])C([2H])([2H])Oc1nc2ccc(I)cc2c(=O)n1CCC. The van der Waals surface area contributed by atoms with Crippen molar-refractivity contribution in [1.29, 1.82) is 0 Å². The van der Waals surface area contributed by atoms with E-state index in [4.69, 9.17) is 14.3 Å². The number of nitrogens with zero attached hydrogens (tertiary/aromatic N) is 2. The molecular formula is C14H17IN2O2. The van der Waals surface area contributed by atoms with Gasteiger partial charge in [0.1, 0.15) is 0 Å². The standard InChI is InChI=1S/C14H17IN2O2/c1-3-7-17-13(18)11-9-10(15)5-6-12(11)16-14(17)19-8-4-2/h5-6,9H,3-4,7-8H2,1-2H3/i2D3,4D2,8D2. The predicted octanol–water partition coefficient (Wildman–Crippen LogP) is 3.20. The number of aromatic nitrogens is 2. The van der Waals surface area contributed by atoms with Crippen LogP contribution in [0.1, 0.15) is 36.2 Å². The molecule has 2 rings (SSSR count). The van der Waals surface area contributed by atoms with E-state index in [0.717, 1.165) is 8.14 Å². The molecule has 2 aromatic rings. The summed E-state index contributed by atoms with van der Waals surface area (Å²) in [7, 11) is 0. The third-order valence-electron chi connectivity index (χ3n) is 2.52. The maximum Gasteiger partial charge on any atom is 0.299 e. The van der Waals surface area contributed by atoms with E-state index in [1.54, 1.807) is 25.1 Å². The van der Waals surface area contributed by atoms with Crippen molar-refractivity contribution in [2.24, 2.45) is 0 Å². The number of benzene rings is 1. The first-order chi connectivity index (χ1) is 11.8. The number of rotatable bonds is 5.